The Balaban J connectivity index is 1.69. The SMILES string of the molecule is C=CC[C@]1(Sc2ccc(C)cc2)C[C@@H](CCc2ccccc2)C(=O)O1. The summed E-state index contributed by atoms with van der Waals surface area (Å²) in [6.45, 7) is 5.94. The second-order valence-electron chi connectivity index (χ2n) is 6.67. The van der Waals surface area contributed by atoms with Gasteiger partial charge in [-0.15, -0.1) is 6.58 Å². The number of esters is 1. The average molecular weight is 352 g/mol. The van der Waals surface area contributed by atoms with Crippen LogP contribution >= 0.6 is 11.8 Å². The van der Waals surface area contributed by atoms with Gasteiger partial charge < -0.3 is 4.74 Å². The predicted molar refractivity (Wildman–Crippen MR) is 104 cm³/mol. The molecule has 1 heterocycles. The van der Waals surface area contributed by atoms with Crippen molar-refractivity contribution in [1.82, 2.24) is 0 Å². The summed E-state index contributed by atoms with van der Waals surface area (Å²) in [6.07, 6.45) is 4.99. The number of hydrogen-bond donors (Lipinski definition) is 0. The molecule has 0 spiro atoms. The Hall–Kier alpha value is -2.00. The van der Waals surface area contributed by atoms with Crippen LogP contribution < -0.4 is 0 Å². The summed E-state index contributed by atoms with van der Waals surface area (Å²) in [7, 11) is 0. The van der Waals surface area contributed by atoms with Crippen LogP contribution in [0.3, 0.4) is 0 Å². The van der Waals surface area contributed by atoms with Gasteiger partial charge in [0, 0.05) is 17.7 Å². The number of rotatable bonds is 7. The van der Waals surface area contributed by atoms with E-state index in [9.17, 15) is 4.79 Å². The third-order valence-corrected chi connectivity index (χ3v) is 5.88. The lowest BCUT2D eigenvalue weighted by Gasteiger charge is -2.25. The van der Waals surface area contributed by atoms with Gasteiger partial charge in [0.15, 0.2) is 4.93 Å². The molecule has 2 aromatic rings. The molecule has 1 aliphatic rings. The molecule has 0 bridgehead atoms. The Morgan fingerprint density at radius 2 is 1.92 bits per heavy atom. The summed E-state index contributed by atoms with van der Waals surface area (Å²) >= 11 is 1.65. The van der Waals surface area contributed by atoms with Crippen molar-refractivity contribution in [3.8, 4) is 0 Å². The van der Waals surface area contributed by atoms with Crippen LogP contribution in [0.15, 0.2) is 72.1 Å². The number of thioether (sulfide) groups is 1. The van der Waals surface area contributed by atoms with Gasteiger partial charge in [0.2, 0.25) is 0 Å². The first-order chi connectivity index (χ1) is 12.1. The molecule has 0 saturated carbocycles. The van der Waals surface area contributed by atoms with Crippen molar-refractivity contribution in [2.45, 2.75) is 42.4 Å². The number of hydrogen-bond acceptors (Lipinski definition) is 3. The lowest BCUT2D eigenvalue weighted by molar-refractivity contribution is -0.145. The van der Waals surface area contributed by atoms with E-state index < -0.39 is 4.93 Å². The summed E-state index contributed by atoms with van der Waals surface area (Å²) in [4.78, 5) is 13.1. The van der Waals surface area contributed by atoms with Crippen molar-refractivity contribution in [1.29, 1.82) is 0 Å². The lowest BCUT2D eigenvalue weighted by atomic mass is 9.95. The van der Waals surface area contributed by atoms with Gasteiger partial charge in [0.05, 0.1) is 5.92 Å². The molecule has 3 heteroatoms. The van der Waals surface area contributed by atoms with Crippen molar-refractivity contribution < 1.29 is 9.53 Å². The van der Waals surface area contributed by atoms with Crippen LogP contribution in [0.25, 0.3) is 0 Å². The van der Waals surface area contributed by atoms with Crippen LogP contribution in [-0.2, 0) is 16.0 Å². The second kappa shape index (κ2) is 7.92. The van der Waals surface area contributed by atoms with Gasteiger partial charge >= 0.3 is 5.97 Å². The van der Waals surface area contributed by atoms with Gasteiger partial charge in [0.1, 0.15) is 0 Å². The highest BCUT2D eigenvalue weighted by Crippen LogP contribution is 2.47. The smallest absolute Gasteiger partial charge is 0.310 e. The van der Waals surface area contributed by atoms with Crippen molar-refractivity contribution in [2.24, 2.45) is 5.92 Å². The molecule has 1 aliphatic heterocycles. The molecule has 0 radical (unpaired) electrons. The van der Waals surface area contributed by atoms with Crippen LogP contribution in [0.2, 0.25) is 0 Å². The van der Waals surface area contributed by atoms with Gasteiger partial charge in [-0.2, -0.15) is 0 Å². The van der Waals surface area contributed by atoms with E-state index in [1.807, 2.05) is 24.3 Å². The Bertz CT molecular complexity index is 723. The summed E-state index contributed by atoms with van der Waals surface area (Å²) < 4.78 is 5.88. The van der Waals surface area contributed by atoms with Crippen LogP contribution in [0, 0.1) is 12.8 Å². The molecule has 0 aliphatic carbocycles. The van der Waals surface area contributed by atoms with Gasteiger partial charge in [-0.05, 0) is 37.5 Å². The van der Waals surface area contributed by atoms with Gasteiger partial charge in [-0.25, -0.2) is 0 Å². The first-order valence-corrected chi connectivity index (χ1v) is 9.55. The first kappa shape index (κ1) is 17.8. The molecule has 130 valence electrons. The zero-order chi connectivity index (χ0) is 17.7. The fraction of sp³-hybridized carbons (Fsp3) is 0.318. The van der Waals surface area contributed by atoms with Crippen molar-refractivity contribution >= 4 is 17.7 Å². The van der Waals surface area contributed by atoms with Crippen LogP contribution in [-0.4, -0.2) is 10.9 Å². The molecule has 0 N–H and O–H groups in total. The number of ether oxygens (including phenoxy) is 1. The normalized spacial score (nSPS) is 22.6. The second-order valence-corrected chi connectivity index (χ2v) is 8.08. The summed E-state index contributed by atoms with van der Waals surface area (Å²) in [5, 5.41) is 0. The van der Waals surface area contributed by atoms with E-state index in [0.717, 1.165) is 24.2 Å². The van der Waals surface area contributed by atoms with E-state index >= 15 is 0 Å². The Morgan fingerprint density at radius 3 is 2.60 bits per heavy atom. The summed E-state index contributed by atoms with van der Waals surface area (Å²) in [5.74, 6) is -0.115. The van der Waals surface area contributed by atoms with Crippen molar-refractivity contribution in [2.75, 3.05) is 0 Å². The highest BCUT2D eigenvalue weighted by atomic mass is 32.2. The monoisotopic (exact) mass is 352 g/mol. The third kappa shape index (κ3) is 4.55. The maximum absolute atomic E-state index is 12.5. The molecule has 0 amide bonds. The fourth-order valence-corrected chi connectivity index (χ4v) is 4.55. The summed E-state index contributed by atoms with van der Waals surface area (Å²) in [5.41, 5.74) is 2.49. The zero-order valence-electron chi connectivity index (χ0n) is 14.6. The summed E-state index contributed by atoms with van der Waals surface area (Å²) in [6, 6.07) is 18.7. The highest BCUT2D eigenvalue weighted by Gasteiger charge is 2.46. The van der Waals surface area contributed by atoms with Gasteiger partial charge in [0.25, 0.3) is 0 Å². The van der Waals surface area contributed by atoms with E-state index in [1.165, 1.54) is 11.1 Å². The minimum absolute atomic E-state index is 0.0434. The largest absolute Gasteiger partial charge is 0.447 e. The van der Waals surface area contributed by atoms with Crippen molar-refractivity contribution in [3.05, 3.63) is 78.4 Å². The van der Waals surface area contributed by atoms with E-state index in [4.69, 9.17) is 4.74 Å². The minimum Gasteiger partial charge on any atom is -0.447 e. The van der Waals surface area contributed by atoms with Crippen molar-refractivity contribution in [3.63, 3.8) is 0 Å². The molecule has 2 atom stereocenters. The number of cyclic esters (lactones) is 1. The number of carbonyl (C=O) groups excluding carboxylic acids is 1. The van der Waals surface area contributed by atoms with Crippen LogP contribution in [0.5, 0.6) is 0 Å². The Kier molecular flexibility index (Phi) is 5.64. The van der Waals surface area contributed by atoms with Crippen LogP contribution in [0.1, 0.15) is 30.4 Å². The third-order valence-electron chi connectivity index (χ3n) is 4.58. The fourth-order valence-electron chi connectivity index (χ4n) is 3.24. The minimum atomic E-state index is -0.518. The highest BCUT2D eigenvalue weighted by molar-refractivity contribution is 8.00. The molecule has 0 unspecified atom stereocenters. The maximum Gasteiger partial charge on any atom is 0.310 e. The quantitative estimate of drug-likeness (QED) is 0.482. The van der Waals surface area contributed by atoms with E-state index in [2.05, 4.69) is 49.9 Å². The number of benzene rings is 2. The molecule has 2 aromatic carbocycles. The topological polar surface area (TPSA) is 26.3 Å². The molecule has 0 aromatic heterocycles. The molecule has 1 saturated heterocycles. The van der Waals surface area contributed by atoms with E-state index in [0.29, 0.717) is 6.42 Å². The number of aryl methyl sites for hydroxylation is 2. The lowest BCUT2D eigenvalue weighted by Crippen LogP contribution is -2.23. The Labute approximate surface area is 154 Å². The molecule has 1 fully saturated rings. The standard InChI is InChI=1S/C22H24O2S/c1-3-15-22(25-20-13-9-17(2)10-14-20)16-19(21(23)24-22)12-11-18-7-5-4-6-8-18/h3-10,13-14,19H,1,11-12,15-16H2,2H3/t19-,22+/m1/s1. The molecular weight excluding hydrogens is 328 g/mol. The van der Waals surface area contributed by atoms with Crippen LogP contribution in [0.4, 0.5) is 0 Å². The molecule has 3 rings (SSSR count). The first-order valence-electron chi connectivity index (χ1n) is 8.74. The predicted octanol–water partition coefficient (Wildman–Crippen LogP) is 5.56. The Morgan fingerprint density at radius 1 is 1.20 bits per heavy atom. The average Bonchev–Trinajstić information content (AvgIpc) is 2.92. The zero-order valence-corrected chi connectivity index (χ0v) is 15.4. The van der Waals surface area contributed by atoms with E-state index in [1.54, 1.807) is 11.8 Å². The number of carbonyl (C=O) groups is 1. The van der Waals surface area contributed by atoms with E-state index in [-0.39, 0.29) is 11.9 Å². The molecular formula is C22H24O2S. The van der Waals surface area contributed by atoms with Gasteiger partial charge in [-0.1, -0.05) is 65.9 Å². The molecule has 2 nitrogen and oxygen atoms in total. The maximum atomic E-state index is 12.5. The molecule has 25 heavy (non-hydrogen) atoms. The van der Waals surface area contributed by atoms with Gasteiger partial charge in [-0.3, -0.25) is 4.79 Å².